The molecule has 0 saturated heterocycles. The molecule has 2 aromatic rings. The molecule has 0 N–H and O–H groups in total. The van der Waals surface area contributed by atoms with Gasteiger partial charge in [0.2, 0.25) is 0 Å². The fraction of sp³-hybridized carbons (Fsp3) is 0.250. The normalized spacial score (nSPS) is 28.9. The van der Waals surface area contributed by atoms with Crippen molar-refractivity contribution >= 4 is 31.9 Å². The van der Waals surface area contributed by atoms with Crippen LogP contribution in [0.15, 0.2) is 57.5 Å². The molecule has 2 atom stereocenters. The number of rotatable bonds is 4. The lowest BCUT2D eigenvalue weighted by molar-refractivity contribution is -0.527. The standard InChI is InChI=1S/C16H8Br2F6O2/c17-9-1-5-11(6-2-9)25-15(23)13(19,20)14(21,22)16(15,24)26-12-7-3-10(18)4-8-12/h1-8H. The first-order chi connectivity index (χ1) is 11.9. The zero-order valence-electron chi connectivity index (χ0n) is 12.5. The van der Waals surface area contributed by atoms with Gasteiger partial charge in [-0.15, -0.1) is 0 Å². The highest BCUT2D eigenvalue weighted by Gasteiger charge is 3.03. The zero-order chi connectivity index (χ0) is 19.4. The minimum absolute atomic E-state index is 0.487. The van der Waals surface area contributed by atoms with Gasteiger partial charge in [0.1, 0.15) is 11.5 Å². The van der Waals surface area contributed by atoms with Crippen LogP contribution in [-0.2, 0) is 0 Å². The fourth-order valence-electron chi connectivity index (χ4n) is 2.33. The molecule has 0 amide bonds. The van der Waals surface area contributed by atoms with Crippen molar-refractivity contribution < 1.29 is 35.8 Å². The van der Waals surface area contributed by atoms with E-state index in [0.29, 0.717) is 8.95 Å². The molecule has 2 nitrogen and oxygen atoms in total. The minimum atomic E-state index is -5.46. The second-order valence-corrected chi connectivity index (χ2v) is 7.28. The molecule has 0 bridgehead atoms. The van der Waals surface area contributed by atoms with Gasteiger partial charge in [0.05, 0.1) is 0 Å². The Bertz CT molecular complexity index is 745. The van der Waals surface area contributed by atoms with Crippen LogP contribution in [0.25, 0.3) is 0 Å². The van der Waals surface area contributed by atoms with Crippen molar-refractivity contribution in [3.63, 3.8) is 0 Å². The van der Waals surface area contributed by atoms with Gasteiger partial charge in [0.25, 0.3) is 0 Å². The quantitative estimate of drug-likeness (QED) is 0.455. The lowest BCUT2D eigenvalue weighted by Crippen LogP contribution is -2.89. The predicted molar refractivity (Wildman–Crippen MR) is 87.1 cm³/mol. The maximum absolute atomic E-state index is 14.8. The predicted octanol–water partition coefficient (Wildman–Crippen LogP) is 6.29. The molecule has 1 saturated carbocycles. The van der Waals surface area contributed by atoms with Gasteiger partial charge in [-0.2, -0.15) is 26.3 Å². The molecule has 1 aliphatic carbocycles. The van der Waals surface area contributed by atoms with Crippen molar-refractivity contribution in [1.82, 2.24) is 0 Å². The molecular weight excluding hydrogens is 498 g/mol. The Morgan fingerprint density at radius 2 is 0.808 bits per heavy atom. The fourth-order valence-corrected chi connectivity index (χ4v) is 2.86. The number of benzene rings is 2. The molecule has 0 radical (unpaired) electrons. The summed E-state index contributed by atoms with van der Waals surface area (Å²) in [6.45, 7) is 0. The van der Waals surface area contributed by atoms with E-state index in [-0.39, 0.29) is 0 Å². The highest BCUT2D eigenvalue weighted by Crippen LogP contribution is 2.68. The number of hydrogen-bond donors (Lipinski definition) is 0. The number of ether oxygens (including phenoxy) is 2. The van der Waals surface area contributed by atoms with E-state index < -0.39 is 35.1 Å². The Hall–Kier alpha value is -1.42. The van der Waals surface area contributed by atoms with Gasteiger partial charge >= 0.3 is 23.6 Å². The Kier molecular flexibility index (Phi) is 4.50. The van der Waals surface area contributed by atoms with Gasteiger partial charge in [0.15, 0.2) is 0 Å². The van der Waals surface area contributed by atoms with Crippen LogP contribution in [-0.4, -0.2) is 23.6 Å². The van der Waals surface area contributed by atoms with Crippen LogP contribution in [0.3, 0.4) is 0 Å². The Morgan fingerprint density at radius 1 is 0.538 bits per heavy atom. The molecule has 0 spiro atoms. The van der Waals surface area contributed by atoms with Crippen LogP contribution in [0.5, 0.6) is 11.5 Å². The molecule has 0 aliphatic heterocycles. The summed E-state index contributed by atoms with van der Waals surface area (Å²) >= 11 is 6.10. The molecule has 1 aliphatic rings. The van der Waals surface area contributed by atoms with E-state index in [1.807, 2.05) is 0 Å². The smallest absolute Gasteiger partial charge is 0.395 e. The largest absolute Gasteiger partial charge is 0.447 e. The van der Waals surface area contributed by atoms with Gasteiger partial charge in [-0.05, 0) is 48.5 Å². The average Bonchev–Trinajstić information content (AvgIpc) is 2.58. The second-order valence-electron chi connectivity index (χ2n) is 5.45. The molecule has 1 fully saturated rings. The van der Waals surface area contributed by atoms with E-state index in [1.165, 1.54) is 24.3 Å². The number of alkyl halides is 6. The summed E-state index contributed by atoms with van der Waals surface area (Å²) in [5.74, 6) is -21.6. The van der Waals surface area contributed by atoms with Crippen LogP contribution in [0.2, 0.25) is 0 Å². The van der Waals surface area contributed by atoms with Gasteiger partial charge in [-0.1, -0.05) is 31.9 Å². The van der Waals surface area contributed by atoms with Crippen molar-refractivity contribution in [3.8, 4) is 11.5 Å². The van der Waals surface area contributed by atoms with E-state index in [1.54, 1.807) is 0 Å². The lowest BCUT2D eigenvalue weighted by atomic mass is 9.76. The molecule has 2 aromatic carbocycles. The molecular formula is C16H8Br2F6O2. The Balaban J connectivity index is 1.99. The van der Waals surface area contributed by atoms with E-state index in [2.05, 4.69) is 41.3 Å². The van der Waals surface area contributed by atoms with Gasteiger partial charge < -0.3 is 9.47 Å². The van der Waals surface area contributed by atoms with Crippen molar-refractivity contribution in [2.75, 3.05) is 0 Å². The summed E-state index contributed by atoms with van der Waals surface area (Å²) in [4.78, 5) is 0. The number of halogens is 8. The molecule has 0 heterocycles. The highest BCUT2D eigenvalue weighted by molar-refractivity contribution is 9.10. The van der Waals surface area contributed by atoms with E-state index in [0.717, 1.165) is 24.3 Å². The van der Waals surface area contributed by atoms with E-state index in [4.69, 9.17) is 0 Å². The Morgan fingerprint density at radius 3 is 1.08 bits per heavy atom. The lowest BCUT2D eigenvalue weighted by Gasteiger charge is -2.55. The molecule has 10 heteroatoms. The maximum atomic E-state index is 14.8. The van der Waals surface area contributed by atoms with Gasteiger partial charge in [0, 0.05) is 8.95 Å². The van der Waals surface area contributed by atoms with E-state index >= 15 is 0 Å². The van der Waals surface area contributed by atoms with Crippen LogP contribution < -0.4 is 9.47 Å². The monoisotopic (exact) mass is 504 g/mol. The summed E-state index contributed by atoms with van der Waals surface area (Å²) in [7, 11) is 0. The highest BCUT2D eigenvalue weighted by atomic mass is 79.9. The molecule has 26 heavy (non-hydrogen) atoms. The SMILES string of the molecule is FC1(F)C(F)(F)C(F)(Oc2ccc(Br)cc2)C1(F)Oc1ccc(Br)cc1. The summed E-state index contributed by atoms with van der Waals surface area (Å²) in [6, 6.07) is 9.17. The summed E-state index contributed by atoms with van der Waals surface area (Å²) in [5.41, 5.74) is 0. The first-order valence-corrected chi connectivity index (χ1v) is 8.56. The first-order valence-electron chi connectivity index (χ1n) is 6.97. The Labute approximate surface area is 160 Å². The van der Waals surface area contributed by atoms with Crippen molar-refractivity contribution in [2.45, 2.75) is 23.6 Å². The summed E-state index contributed by atoms with van der Waals surface area (Å²) < 4.78 is 94.5. The summed E-state index contributed by atoms with van der Waals surface area (Å²) in [6.07, 6.45) is 0. The molecule has 3 rings (SSSR count). The van der Waals surface area contributed by atoms with Crippen LogP contribution in [0.1, 0.15) is 0 Å². The third-order valence-electron chi connectivity index (χ3n) is 3.76. The summed E-state index contributed by atoms with van der Waals surface area (Å²) in [5, 5.41) is 0. The molecule has 2 unspecified atom stereocenters. The topological polar surface area (TPSA) is 18.5 Å². The van der Waals surface area contributed by atoms with Gasteiger partial charge in [-0.25, -0.2) is 0 Å². The first kappa shape index (κ1) is 19.3. The van der Waals surface area contributed by atoms with Crippen molar-refractivity contribution in [3.05, 3.63) is 57.5 Å². The van der Waals surface area contributed by atoms with Crippen molar-refractivity contribution in [2.24, 2.45) is 0 Å². The second kappa shape index (κ2) is 6.05. The van der Waals surface area contributed by atoms with Crippen molar-refractivity contribution in [1.29, 1.82) is 0 Å². The van der Waals surface area contributed by atoms with Crippen LogP contribution in [0.4, 0.5) is 26.3 Å². The molecule has 140 valence electrons. The average molecular weight is 506 g/mol. The van der Waals surface area contributed by atoms with E-state index in [9.17, 15) is 26.3 Å². The minimum Gasteiger partial charge on any atom is -0.447 e. The third-order valence-corrected chi connectivity index (χ3v) is 4.82. The van der Waals surface area contributed by atoms with Gasteiger partial charge in [-0.3, -0.25) is 0 Å². The van der Waals surface area contributed by atoms with Crippen LogP contribution in [0, 0.1) is 0 Å². The maximum Gasteiger partial charge on any atom is 0.395 e. The van der Waals surface area contributed by atoms with Crippen LogP contribution >= 0.6 is 31.9 Å². The number of hydrogen-bond acceptors (Lipinski definition) is 2. The zero-order valence-corrected chi connectivity index (χ0v) is 15.6. The molecule has 0 aromatic heterocycles. The third kappa shape index (κ3) is 2.52.